The van der Waals surface area contributed by atoms with Crippen LogP contribution in [0.4, 0.5) is 0 Å². The van der Waals surface area contributed by atoms with E-state index in [1.807, 2.05) is 16.7 Å². The van der Waals surface area contributed by atoms with E-state index in [9.17, 15) is 4.79 Å². The quantitative estimate of drug-likeness (QED) is 0.680. The van der Waals surface area contributed by atoms with Crippen molar-refractivity contribution in [2.24, 2.45) is 5.73 Å². The van der Waals surface area contributed by atoms with Gasteiger partial charge in [-0.25, -0.2) is 0 Å². The van der Waals surface area contributed by atoms with Crippen LogP contribution >= 0.6 is 11.8 Å². The Kier molecular flexibility index (Phi) is 4.06. The molecule has 76 valence electrons. The summed E-state index contributed by atoms with van der Waals surface area (Å²) < 4.78 is 0. The van der Waals surface area contributed by atoms with E-state index in [1.165, 1.54) is 0 Å². The van der Waals surface area contributed by atoms with Crippen molar-refractivity contribution < 1.29 is 4.79 Å². The minimum Gasteiger partial charge on any atom is -0.340 e. The van der Waals surface area contributed by atoms with Crippen LogP contribution in [0.15, 0.2) is 0 Å². The van der Waals surface area contributed by atoms with Crippen LogP contribution in [0, 0.1) is 0 Å². The highest BCUT2D eigenvalue weighted by molar-refractivity contribution is 7.99. The summed E-state index contributed by atoms with van der Waals surface area (Å²) >= 11 is 1.94. The van der Waals surface area contributed by atoms with Gasteiger partial charge in [0.2, 0.25) is 5.91 Å². The van der Waals surface area contributed by atoms with Crippen LogP contribution in [0.25, 0.3) is 0 Å². The molecule has 0 bridgehead atoms. The van der Waals surface area contributed by atoms with Crippen LogP contribution in [0.2, 0.25) is 0 Å². The highest BCUT2D eigenvalue weighted by Gasteiger charge is 2.20. The van der Waals surface area contributed by atoms with Crippen LogP contribution in [-0.4, -0.2) is 40.9 Å². The molecule has 2 unspecified atom stereocenters. The molecule has 0 saturated carbocycles. The number of nitrogens with zero attached hydrogens (tertiary/aromatic N) is 1. The standard InChI is InChI=1S/C9H18N2OS/c1-7-3-4-11(5-6-13-7)9(12)8(2)10/h7-8H,3-6,10H2,1-2H3. The molecule has 0 aliphatic carbocycles. The Balaban J connectivity index is 2.46. The maximum Gasteiger partial charge on any atom is 0.239 e. The Morgan fingerprint density at radius 1 is 1.62 bits per heavy atom. The van der Waals surface area contributed by atoms with Crippen molar-refractivity contribution in [3.63, 3.8) is 0 Å². The molecule has 0 radical (unpaired) electrons. The second kappa shape index (κ2) is 4.86. The third-order valence-electron chi connectivity index (χ3n) is 2.27. The van der Waals surface area contributed by atoms with Gasteiger partial charge in [-0.3, -0.25) is 4.79 Å². The molecule has 0 spiro atoms. The monoisotopic (exact) mass is 202 g/mol. The fourth-order valence-corrected chi connectivity index (χ4v) is 2.41. The molecule has 1 rings (SSSR count). The molecule has 4 heteroatoms. The van der Waals surface area contributed by atoms with E-state index < -0.39 is 0 Å². The third-order valence-corrected chi connectivity index (χ3v) is 3.49. The Morgan fingerprint density at radius 2 is 2.31 bits per heavy atom. The molecule has 3 nitrogen and oxygen atoms in total. The predicted octanol–water partition coefficient (Wildman–Crippen LogP) is 0.688. The van der Waals surface area contributed by atoms with Gasteiger partial charge in [0.1, 0.15) is 0 Å². The highest BCUT2D eigenvalue weighted by atomic mass is 32.2. The van der Waals surface area contributed by atoms with Gasteiger partial charge in [0.05, 0.1) is 6.04 Å². The number of nitrogens with two attached hydrogens (primary N) is 1. The van der Waals surface area contributed by atoms with E-state index >= 15 is 0 Å². The number of thioether (sulfide) groups is 1. The molecule has 0 aromatic heterocycles. The Labute approximate surface area is 84.0 Å². The van der Waals surface area contributed by atoms with E-state index in [-0.39, 0.29) is 11.9 Å². The Bertz CT molecular complexity index is 184. The van der Waals surface area contributed by atoms with Crippen LogP contribution in [-0.2, 0) is 4.79 Å². The van der Waals surface area contributed by atoms with Gasteiger partial charge in [-0.15, -0.1) is 0 Å². The zero-order chi connectivity index (χ0) is 9.84. The van der Waals surface area contributed by atoms with Crippen molar-refractivity contribution in [2.45, 2.75) is 31.6 Å². The third kappa shape index (κ3) is 3.19. The molecule has 2 N–H and O–H groups in total. The first-order valence-corrected chi connectivity index (χ1v) is 5.82. The van der Waals surface area contributed by atoms with Crippen LogP contribution < -0.4 is 5.73 Å². The summed E-state index contributed by atoms with van der Waals surface area (Å²) in [6.45, 7) is 5.69. The fourth-order valence-electron chi connectivity index (χ4n) is 1.41. The van der Waals surface area contributed by atoms with Crippen molar-refractivity contribution >= 4 is 17.7 Å². The molecule has 1 fully saturated rings. The zero-order valence-corrected chi connectivity index (χ0v) is 9.14. The topological polar surface area (TPSA) is 46.3 Å². The van der Waals surface area contributed by atoms with Crippen molar-refractivity contribution in [1.82, 2.24) is 4.90 Å². The summed E-state index contributed by atoms with van der Waals surface area (Å²) in [5.74, 6) is 1.13. The summed E-state index contributed by atoms with van der Waals surface area (Å²) in [5.41, 5.74) is 5.55. The van der Waals surface area contributed by atoms with Crippen LogP contribution in [0.5, 0.6) is 0 Å². The minimum absolute atomic E-state index is 0.0923. The van der Waals surface area contributed by atoms with Gasteiger partial charge in [-0.05, 0) is 13.3 Å². The SMILES string of the molecule is CC1CCN(C(=O)C(C)N)CCS1. The van der Waals surface area contributed by atoms with E-state index in [0.717, 1.165) is 25.3 Å². The lowest BCUT2D eigenvalue weighted by atomic mass is 10.2. The van der Waals surface area contributed by atoms with Crippen LogP contribution in [0.3, 0.4) is 0 Å². The second-order valence-electron chi connectivity index (χ2n) is 3.58. The number of rotatable bonds is 1. The molecular weight excluding hydrogens is 184 g/mol. The zero-order valence-electron chi connectivity index (χ0n) is 8.32. The molecule has 1 saturated heterocycles. The van der Waals surface area contributed by atoms with E-state index in [2.05, 4.69) is 6.92 Å². The van der Waals surface area contributed by atoms with Gasteiger partial charge in [0.15, 0.2) is 0 Å². The molecule has 0 aromatic rings. The Hall–Kier alpha value is -0.220. The molecular formula is C9H18N2OS. The summed E-state index contributed by atoms with van der Waals surface area (Å²) in [6, 6.07) is -0.349. The first-order valence-electron chi connectivity index (χ1n) is 4.77. The maximum atomic E-state index is 11.5. The average Bonchev–Trinajstić information content (AvgIpc) is 2.28. The van der Waals surface area contributed by atoms with Gasteiger partial charge < -0.3 is 10.6 Å². The number of hydrogen-bond acceptors (Lipinski definition) is 3. The largest absolute Gasteiger partial charge is 0.340 e. The van der Waals surface area contributed by atoms with Crippen molar-refractivity contribution in [2.75, 3.05) is 18.8 Å². The molecule has 1 aliphatic rings. The molecule has 13 heavy (non-hydrogen) atoms. The number of hydrogen-bond donors (Lipinski definition) is 1. The summed E-state index contributed by atoms with van der Waals surface area (Å²) in [4.78, 5) is 13.4. The van der Waals surface area contributed by atoms with E-state index in [4.69, 9.17) is 5.73 Å². The Morgan fingerprint density at radius 3 is 2.92 bits per heavy atom. The van der Waals surface area contributed by atoms with E-state index in [1.54, 1.807) is 6.92 Å². The molecule has 1 heterocycles. The molecule has 1 amide bonds. The van der Waals surface area contributed by atoms with Gasteiger partial charge >= 0.3 is 0 Å². The molecule has 1 aliphatic heterocycles. The first-order chi connectivity index (χ1) is 6.11. The minimum atomic E-state index is -0.349. The van der Waals surface area contributed by atoms with Crippen molar-refractivity contribution in [1.29, 1.82) is 0 Å². The number of amides is 1. The lowest BCUT2D eigenvalue weighted by Gasteiger charge is -2.21. The summed E-state index contributed by atoms with van der Waals surface area (Å²) in [7, 11) is 0. The predicted molar refractivity (Wildman–Crippen MR) is 56.8 cm³/mol. The van der Waals surface area contributed by atoms with Gasteiger partial charge in [-0.1, -0.05) is 6.92 Å². The molecule has 0 aromatic carbocycles. The lowest BCUT2D eigenvalue weighted by molar-refractivity contribution is -0.131. The van der Waals surface area contributed by atoms with Gasteiger partial charge in [-0.2, -0.15) is 11.8 Å². The molecule has 2 atom stereocenters. The maximum absolute atomic E-state index is 11.5. The lowest BCUT2D eigenvalue weighted by Crippen LogP contribution is -2.43. The van der Waals surface area contributed by atoms with E-state index in [0.29, 0.717) is 5.25 Å². The van der Waals surface area contributed by atoms with Gasteiger partial charge in [0.25, 0.3) is 0 Å². The van der Waals surface area contributed by atoms with Crippen molar-refractivity contribution in [3.8, 4) is 0 Å². The fraction of sp³-hybridized carbons (Fsp3) is 0.889. The number of carbonyl (C=O) groups is 1. The van der Waals surface area contributed by atoms with Crippen molar-refractivity contribution in [3.05, 3.63) is 0 Å². The average molecular weight is 202 g/mol. The summed E-state index contributed by atoms with van der Waals surface area (Å²) in [6.07, 6.45) is 1.09. The van der Waals surface area contributed by atoms with Crippen LogP contribution in [0.1, 0.15) is 20.3 Å². The smallest absolute Gasteiger partial charge is 0.239 e. The summed E-state index contributed by atoms with van der Waals surface area (Å²) in [5, 5.41) is 0.672. The van der Waals surface area contributed by atoms with Gasteiger partial charge in [0, 0.05) is 24.1 Å². The normalized spacial score (nSPS) is 26.7. The number of carbonyl (C=O) groups excluding carboxylic acids is 1. The second-order valence-corrected chi connectivity index (χ2v) is 5.13. The highest BCUT2D eigenvalue weighted by Crippen LogP contribution is 2.18. The first kappa shape index (κ1) is 10.9.